The summed E-state index contributed by atoms with van der Waals surface area (Å²) in [6.45, 7) is 1.36. The van der Waals surface area contributed by atoms with Crippen molar-refractivity contribution in [3.05, 3.63) is 33.4 Å². The van der Waals surface area contributed by atoms with Crippen molar-refractivity contribution in [3.63, 3.8) is 0 Å². The number of hydrogen-bond acceptors (Lipinski definition) is 4. The van der Waals surface area contributed by atoms with Gasteiger partial charge in [0.15, 0.2) is 5.78 Å². The van der Waals surface area contributed by atoms with Gasteiger partial charge in [-0.25, -0.2) is 9.88 Å². The van der Waals surface area contributed by atoms with E-state index in [1.807, 2.05) is 0 Å². The number of imide groups is 1. The Hall–Kier alpha value is -1.53. The quantitative estimate of drug-likeness (QED) is 0.473. The van der Waals surface area contributed by atoms with E-state index in [4.69, 9.17) is 11.6 Å². The zero-order chi connectivity index (χ0) is 13.4. The fraction of sp³-hybridized carbons (Fsp3) is 0.0909. The standard InChI is InChI=1S/C11H6BrClN2O3/c1-5(16)6-2-8(13)14-9(3-6)15-10(17)4-7(12)11(15)18/h2-4H,1H3. The van der Waals surface area contributed by atoms with Crippen LogP contribution in [0, 0.1) is 0 Å². The van der Waals surface area contributed by atoms with E-state index in [0.29, 0.717) is 0 Å². The van der Waals surface area contributed by atoms with Crippen LogP contribution in [0.1, 0.15) is 17.3 Å². The fourth-order valence-electron chi connectivity index (χ4n) is 1.46. The van der Waals surface area contributed by atoms with Gasteiger partial charge in [-0.05, 0) is 35.0 Å². The van der Waals surface area contributed by atoms with E-state index < -0.39 is 11.8 Å². The molecule has 1 aliphatic heterocycles. The first-order valence-corrected chi connectivity index (χ1v) is 6.01. The topological polar surface area (TPSA) is 67.3 Å². The highest BCUT2D eigenvalue weighted by Crippen LogP contribution is 2.26. The number of hydrogen-bond donors (Lipinski definition) is 0. The second-order valence-corrected chi connectivity index (χ2v) is 4.81. The van der Waals surface area contributed by atoms with Crippen molar-refractivity contribution in [2.75, 3.05) is 4.90 Å². The maximum atomic E-state index is 11.7. The third-order valence-electron chi connectivity index (χ3n) is 2.29. The van der Waals surface area contributed by atoms with E-state index in [-0.39, 0.29) is 26.8 Å². The van der Waals surface area contributed by atoms with Crippen LogP contribution in [-0.4, -0.2) is 22.6 Å². The Labute approximate surface area is 116 Å². The summed E-state index contributed by atoms with van der Waals surface area (Å²) in [7, 11) is 0. The van der Waals surface area contributed by atoms with Crippen molar-refractivity contribution < 1.29 is 14.4 Å². The summed E-state index contributed by atoms with van der Waals surface area (Å²) in [5.41, 5.74) is 0.286. The predicted molar refractivity (Wildman–Crippen MR) is 68.8 cm³/mol. The minimum atomic E-state index is -0.538. The normalized spacial score (nSPS) is 15.1. The first kappa shape index (κ1) is 12.9. The summed E-state index contributed by atoms with van der Waals surface area (Å²) in [6, 6.07) is 2.73. The molecule has 0 aromatic carbocycles. The number of carbonyl (C=O) groups excluding carboxylic acids is 3. The average molecular weight is 330 g/mol. The highest BCUT2D eigenvalue weighted by Gasteiger charge is 2.32. The zero-order valence-corrected chi connectivity index (χ0v) is 11.4. The molecule has 7 heteroatoms. The van der Waals surface area contributed by atoms with E-state index in [2.05, 4.69) is 20.9 Å². The van der Waals surface area contributed by atoms with Gasteiger partial charge >= 0.3 is 0 Å². The SMILES string of the molecule is CC(=O)c1cc(Cl)nc(N2C(=O)C=C(Br)C2=O)c1. The molecule has 0 saturated heterocycles. The minimum absolute atomic E-state index is 0.0356. The minimum Gasteiger partial charge on any atom is -0.295 e. The first-order valence-electron chi connectivity index (χ1n) is 4.84. The van der Waals surface area contributed by atoms with Crippen LogP contribution < -0.4 is 4.90 Å². The molecule has 1 aromatic heterocycles. The van der Waals surface area contributed by atoms with Crippen LogP contribution in [0.4, 0.5) is 5.82 Å². The number of carbonyl (C=O) groups is 3. The van der Waals surface area contributed by atoms with E-state index in [1.165, 1.54) is 19.1 Å². The van der Waals surface area contributed by atoms with Gasteiger partial charge in [-0.2, -0.15) is 0 Å². The van der Waals surface area contributed by atoms with Gasteiger partial charge in [0.05, 0.1) is 4.48 Å². The first-order chi connectivity index (χ1) is 8.40. The predicted octanol–water partition coefficient (Wildman–Crippen LogP) is 2.09. The molecule has 2 rings (SSSR count). The Morgan fingerprint density at radius 1 is 1.39 bits per heavy atom. The van der Waals surface area contributed by atoms with Gasteiger partial charge in [-0.1, -0.05) is 11.6 Å². The van der Waals surface area contributed by atoms with Crippen molar-refractivity contribution in [1.82, 2.24) is 4.98 Å². The molecule has 0 spiro atoms. The summed E-state index contributed by atoms with van der Waals surface area (Å²) in [6.07, 6.45) is 1.14. The van der Waals surface area contributed by atoms with Gasteiger partial charge in [0.1, 0.15) is 11.0 Å². The van der Waals surface area contributed by atoms with Crippen molar-refractivity contribution in [1.29, 1.82) is 0 Å². The van der Waals surface area contributed by atoms with E-state index >= 15 is 0 Å². The molecule has 0 aliphatic carbocycles. The van der Waals surface area contributed by atoms with Crippen molar-refractivity contribution in [3.8, 4) is 0 Å². The molecule has 0 fully saturated rings. The van der Waals surface area contributed by atoms with Gasteiger partial charge in [0, 0.05) is 11.6 Å². The maximum Gasteiger partial charge on any atom is 0.273 e. The highest BCUT2D eigenvalue weighted by molar-refractivity contribution is 9.12. The van der Waals surface area contributed by atoms with Crippen LogP contribution in [0.25, 0.3) is 0 Å². The van der Waals surface area contributed by atoms with Crippen LogP contribution >= 0.6 is 27.5 Å². The van der Waals surface area contributed by atoms with Crippen molar-refractivity contribution in [2.45, 2.75) is 6.92 Å². The number of rotatable bonds is 2. The summed E-state index contributed by atoms with van der Waals surface area (Å²) >= 11 is 8.73. The molecule has 1 aliphatic rings. The number of ketones is 1. The number of pyridine rings is 1. The fourth-order valence-corrected chi connectivity index (χ4v) is 2.04. The third kappa shape index (κ3) is 2.21. The summed E-state index contributed by atoms with van der Waals surface area (Å²) < 4.78 is 0.138. The van der Waals surface area contributed by atoms with E-state index in [9.17, 15) is 14.4 Å². The Balaban J connectivity index is 2.50. The second-order valence-electron chi connectivity index (χ2n) is 3.56. The Kier molecular flexibility index (Phi) is 3.32. The van der Waals surface area contributed by atoms with Crippen LogP contribution in [0.2, 0.25) is 5.15 Å². The molecule has 1 aromatic rings. The molecular weight excluding hydrogens is 323 g/mol. The van der Waals surface area contributed by atoms with Crippen LogP contribution in [-0.2, 0) is 9.59 Å². The lowest BCUT2D eigenvalue weighted by Gasteiger charge is -2.13. The zero-order valence-electron chi connectivity index (χ0n) is 9.11. The van der Waals surface area contributed by atoms with Gasteiger partial charge in [0.2, 0.25) is 0 Å². The van der Waals surface area contributed by atoms with Crippen molar-refractivity contribution >= 4 is 50.9 Å². The monoisotopic (exact) mass is 328 g/mol. The molecule has 0 atom stereocenters. The number of halogens is 2. The molecule has 2 amide bonds. The lowest BCUT2D eigenvalue weighted by molar-refractivity contribution is -0.120. The molecule has 5 nitrogen and oxygen atoms in total. The van der Waals surface area contributed by atoms with Crippen LogP contribution in [0.5, 0.6) is 0 Å². The number of Topliss-reactive ketones (excluding diaryl/α,β-unsaturated/α-hetero) is 1. The molecule has 0 bridgehead atoms. The van der Waals surface area contributed by atoms with E-state index in [1.54, 1.807) is 0 Å². The average Bonchev–Trinajstić information content (AvgIpc) is 2.52. The smallest absolute Gasteiger partial charge is 0.273 e. The summed E-state index contributed by atoms with van der Waals surface area (Å²) in [4.78, 5) is 39.4. The number of aromatic nitrogens is 1. The third-order valence-corrected chi connectivity index (χ3v) is 3.06. The molecule has 0 unspecified atom stereocenters. The number of amides is 2. The van der Waals surface area contributed by atoms with Gasteiger partial charge < -0.3 is 0 Å². The number of anilines is 1. The van der Waals surface area contributed by atoms with Crippen LogP contribution in [0.15, 0.2) is 22.7 Å². The van der Waals surface area contributed by atoms with Gasteiger partial charge in [-0.15, -0.1) is 0 Å². The lowest BCUT2D eigenvalue weighted by Crippen LogP contribution is -2.31. The largest absolute Gasteiger partial charge is 0.295 e. The maximum absolute atomic E-state index is 11.7. The van der Waals surface area contributed by atoms with Crippen LogP contribution in [0.3, 0.4) is 0 Å². The molecule has 2 heterocycles. The van der Waals surface area contributed by atoms with Crippen molar-refractivity contribution in [2.24, 2.45) is 0 Å². The lowest BCUT2D eigenvalue weighted by atomic mass is 10.2. The van der Waals surface area contributed by atoms with E-state index in [0.717, 1.165) is 11.0 Å². The molecule has 0 radical (unpaired) electrons. The molecular formula is C11H6BrClN2O3. The Morgan fingerprint density at radius 2 is 2.06 bits per heavy atom. The van der Waals surface area contributed by atoms with Gasteiger partial charge in [-0.3, -0.25) is 14.4 Å². The molecule has 0 saturated carbocycles. The van der Waals surface area contributed by atoms with Gasteiger partial charge in [0.25, 0.3) is 11.8 Å². The molecule has 18 heavy (non-hydrogen) atoms. The number of nitrogens with zero attached hydrogens (tertiary/aromatic N) is 2. The summed E-state index contributed by atoms with van der Waals surface area (Å²) in [5.74, 6) is -1.26. The Bertz CT molecular complexity index is 612. The highest BCUT2D eigenvalue weighted by atomic mass is 79.9. The Morgan fingerprint density at radius 3 is 2.56 bits per heavy atom. The second kappa shape index (κ2) is 4.62. The summed E-state index contributed by atoms with van der Waals surface area (Å²) in [5, 5.41) is 0.0429. The molecule has 0 N–H and O–H groups in total. The molecule has 92 valence electrons.